The van der Waals surface area contributed by atoms with Crippen LogP contribution in [0.15, 0.2) is 27.1 Å². The lowest BCUT2D eigenvalue weighted by Crippen LogP contribution is -2.18. The minimum Gasteiger partial charge on any atom is -0.388 e. The Morgan fingerprint density at radius 2 is 1.79 bits per heavy atom. The van der Waals surface area contributed by atoms with Crippen LogP contribution in [0.5, 0.6) is 0 Å². The predicted octanol–water partition coefficient (Wildman–Crippen LogP) is 2.84. The van der Waals surface area contributed by atoms with Gasteiger partial charge < -0.3 is 10.8 Å². The summed E-state index contributed by atoms with van der Waals surface area (Å²) in [7, 11) is 0. The van der Waals surface area contributed by atoms with Gasteiger partial charge in [-0.1, -0.05) is 38.8 Å². The van der Waals surface area contributed by atoms with Crippen LogP contribution in [0.1, 0.15) is 18.6 Å². The van der Waals surface area contributed by atoms with E-state index in [1.54, 1.807) is 0 Å². The third-order valence-corrected chi connectivity index (χ3v) is 3.05. The Morgan fingerprint density at radius 1 is 1.29 bits per heavy atom. The second kappa shape index (κ2) is 5.26. The summed E-state index contributed by atoms with van der Waals surface area (Å²) in [5.41, 5.74) is 6.38. The van der Waals surface area contributed by atoms with Crippen LogP contribution in [0, 0.1) is 5.92 Å². The standard InChI is InChI=1S/C10H13Br2NO/c1-6(5-13)10(14)7-2-8(11)4-9(12)3-7/h2-4,6,10,14H,5,13H2,1H3. The zero-order chi connectivity index (χ0) is 10.7. The number of aliphatic hydroxyl groups is 1. The third kappa shape index (κ3) is 3.05. The van der Waals surface area contributed by atoms with Crippen molar-refractivity contribution in [3.8, 4) is 0 Å². The van der Waals surface area contributed by atoms with E-state index in [2.05, 4.69) is 31.9 Å². The van der Waals surface area contributed by atoms with Crippen molar-refractivity contribution in [2.45, 2.75) is 13.0 Å². The molecule has 0 saturated heterocycles. The van der Waals surface area contributed by atoms with E-state index < -0.39 is 6.10 Å². The molecule has 2 unspecified atom stereocenters. The number of nitrogens with two attached hydrogens (primary N) is 1. The average Bonchev–Trinajstić information content (AvgIpc) is 2.14. The molecule has 1 aromatic carbocycles. The molecule has 0 bridgehead atoms. The molecule has 4 heteroatoms. The van der Waals surface area contributed by atoms with Crippen molar-refractivity contribution in [3.63, 3.8) is 0 Å². The fraction of sp³-hybridized carbons (Fsp3) is 0.400. The molecule has 0 fully saturated rings. The van der Waals surface area contributed by atoms with E-state index in [1.807, 2.05) is 25.1 Å². The van der Waals surface area contributed by atoms with Crippen LogP contribution in [0.4, 0.5) is 0 Å². The Labute approximate surface area is 101 Å². The molecule has 0 saturated carbocycles. The Bertz CT molecular complexity index is 297. The topological polar surface area (TPSA) is 46.2 Å². The van der Waals surface area contributed by atoms with Crippen LogP contribution >= 0.6 is 31.9 Å². The van der Waals surface area contributed by atoms with Crippen molar-refractivity contribution in [2.75, 3.05) is 6.54 Å². The number of benzene rings is 1. The molecule has 2 nitrogen and oxygen atoms in total. The molecule has 3 N–H and O–H groups in total. The van der Waals surface area contributed by atoms with Crippen molar-refractivity contribution in [1.29, 1.82) is 0 Å². The van der Waals surface area contributed by atoms with Gasteiger partial charge in [0.2, 0.25) is 0 Å². The number of aliphatic hydroxyl groups excluding tert-OH is 1. The highest BCUT2D eigenvalue weighted by Crippen LogP contribution is 2.27. The largest absolute Gasteiger partial charge is 0.388 e. The molecule has 0 heterocycles. The van der Waals surface area contributed by atoms with Gasteiger partial charge in [-0.05, 0) is 36.2 Å². The van der Waals surface area contributed by atoms with Gasteiger partial charge in [-0.2, -0.15) is 0 Å². The summed E-state index contributed by atoms with van der Waals surface area (Å²) in [6, 6.07) is 5.74. The molecule has 1 aromatic rings. The van der Waals surface area contributed by atoms with Crippen LogP contribution in [-0.4, -0.2) is 11.7 Å². The monoisotopic (exact) mass is 321 g/mol. The van der Waals surface area contributed by atoms with E-state index in [0.29, 0.717) is 6.54 Å². The van der Waals surface area contributed by atoms with Crippen LogP contribution in [0.25, 0.3) is 0 Å². The number of rotatable bonds is 3. The van der Waals surface area contributed by atoms with Crippen LogP contribution in [0.3, 0.4) is 0 Å². The lowest BCUT2D eigenvalue weighted by molar-refractivity contribution is 0.121. The fourth-order valence-electron chi connectivity index (χ4n) is 1.20. The summed E-state index contributed by atoms with van der Waals surface area (Å²) in [6.07, 6.45) is -0.506. The van der Waals surface area contributed by atoms with Crippen LogP contribution in [-0.2, 0) is 0 Å². The van der Waals surface area contributed by atoms with E-state index in [-0.39, 0.29) is 5.92 Å². The summed E-state index contributed by atoms with van der Waals surface area (Å²) in [6.45, 7) is 2.41. The smallest absolute Gasteiger partial charge is 0.0828 e. The zero-order valence-electron chi connectivity index (χ0n) is 7.87. The second-order valence-electron chi connectivity index (χ2n) is 3.36. The van der Waals surface area contributed by atoms with Gasteiger partial charge in [0, 0.05) is 8.95 Å². The lowest BCUT2D eigenvalue weighted by atomic mass is 9.98. The molecular formula is C10H13Br2NO. The molecular weight excluding hydrogens is 310 g/mol. The van der Waals surface area contributed by atoms with Gasteiger partial charge in [0.1, 0.15) is 0 Å². The quantitative estimate of drug-likeness (QED) is 0.899. The number of halogens is 2. The first-order valence-electron chi connectivity index (χ1n) is 4.38. The normalized spacial score (nSPS) is 15.2. The van der Waals surface area contributed by atoms with E-state index in [0.717, 1.165) is 14.5 Å². The van der Waals surface area contributed by atoms with Crippen LogP contribution < -0.4 is 5.73 Å². The molecule has 0 aromatic heterocycles. The van der Waals surface area contributed by atoms with Gasteiger partial charge in [-0.15, -0.1) is 0 Å². The molecule has 78 valence electrons. The van der Waals surface area contributed by atoms with Crippen molar-refractivity contribution < 1.29 is 5.11 Å². The first kappa shape index (κ1) is 12.2. The lowest BCUT2D eigenvalue weighted by Gasteiger charge is -2.17. The maximum atomic E-state index is 9.92. The molecule has 0 spiro atoms. The summed E-state index contributed by atoms with van der Waals surface area (Å²) in [5, 5.41) is 9.92. The van der Waals surface area contributed by atoms with E-state index in [1.165, 1.54) is 0 Å². The van der Waals surface area contributed by atoms with Crippen molar-refractivity contribution in [1.82, 2.24) is 0 Å². The SMILES string of the molecule is CC(CN)C(O)c1cc(Br)cc(Br)c1. The predicted molar refractivity (Wildman–Crippen MR) is 65.0 cm³/mol. The first-order valence-corrected chi connectivity index (χ1v) is 5.97. The summed E-state index contributed by atoms with van der Waals surface area (Å²) < 4.78 is 1.90. The number of hydrogen-bond acceptors (Lipinski definition) is 2. The zero-order valence-corrected chi connectivity index (χ0v) is 11.0. The maximum absolute atomic E-state index is 9.92. The summed E-state index contributed by atoms with van der Waals surface area (Å²) >= 11 is 6.76. The highest BCUT2D eigenvalue weighted by atomic mass is 79.9. The van der Waals surface area contributed by atoms with Gasteiger partial charge in [0.05, 0.1) is 6.10 Å². The first-order chi connectivity index (χ1) is 6.54. The van der Waals surface area contributed by atoms with Gasteiger partial charge in [-0.3, -0.25) is 0 Å². The molecule has 14 heavy (non-hydrogen) atoms. The Hall–Kier alpha value is 0.1000. The highest BCUT2D eigenvalue weighted by Gasteiger charge is 2.15. The summed E-state index contributed by atoms with van der Waals surface area (Å²) in [4.78, 5) is 0. The molecule has 0 aliphatic rings. The Kier molecular flexibility index (Phi) is 4.57. The van der Waals surface area contributed by atoms with E-state index in [9.17, 15) is 5.11 Å². The van der Waals surface area contributed by atoms with Crippen LogP contribution in [0.2, 0.25) is 0 Å². The molecule has 1 rings (SSSR count). The summed E-state index contributed by atoms with van der Waals surface area (Å²) in [5.74, 6) is 0.0659. The van der Waals surface area contributed by atoms with Crippen molar-refractivity contribution in [3.05, 3.63) is 32.7 Å². The molecule has 0 amide bonds. The minimum atomic E-state index is -0.506. The van der Waals surface area contributed by atoms with Gasteiger partial charge in [0.25, 0.3) is 0 Å². The minimum absolute atomic E-state index is 0.0659. The third-order valence-electron chi connectivity index (χ3n) is 2.14. The number of hydrogen-bond donors (Lipinski definition) is 2. The maximum Gasteiger partial charge on any atom is 0.0828 e. The van der Waals surface area contributed by atoms with Crippen molar-refractivity contribution in [2.24, 2.45) is 11.7 Å². The van der Waals surface area contributed by atoms with E-state index >= 15 is 0 Å². The van der Waals surface area contributed by atoms with Gasteiger partial charge >= 0.3 is 0 Å². The van der Waals surface area contributed by atoms with Gasteiger partial charge in [-0.25, -0.2) is 0 Å². The Balaban J connectivity index is 2.94. The Morgan fingerprint density at radius 3 is 2.21 bits per heavy atom. The molecule has 0 aliphatic heterocycles. The molecule has 0 radical (unpaired) electrons. The molecule has 0 aliphatic carbocycles. The van der Waals surface area contributed by atoms with Gasteiger partial charge in [0.15, 0.2) is 0 Å². The van der Waals surface area contributed by atoms with E-state index in [4.69, 9.17) is 5.73 Å². The second-order valence-corrected chi connectivity index (χ2v) is 5.19. The molecule has 2 atom stereocenters. The average molecular weight is 323 g/mol. The van der Waals surface area contributed by atoms with Crippen molar-refractivity contribution >= 4 is 31.9 Å². The highest BCUT2D eigenvalue weighted by molar-refractivity contribution is 9.11. The fourth-order valence-corrected chi connectivity index (χ4v) is 2.53.